The fourth-order valence-corrected chi connectivity index (χ4v) is 2.65. The third kappa shape index (κ3) is 2.38. The maximum atomic E-state index is 11.3. The average Bonchev–Trinajstić information content (AvgIpc) is 2.23. The summed E-state index contributed by atoms with van der Waals surface area (Å²) >= 11 is 6.01. The molecule has 18 heavy (non-hydrogen) atoms. The van der Waals surface area contributed by atoms with Crippen molar-refractivity contribution in [3.05, 3.63) is 34.9 Å². The van der Waals surface area contributed by atoms with Crippen molar-refractivity contribution in [3.63, 3.8) is 0 Å². The fraction of sp³-hybridized carbons (Fsp3) is 0.500. The first-order chi connectivity index (χ1) is 8.36. The van der Waals surface area contributed by atoms with Crippen LogP contribution in [0.15, 0.2) is 24.3 Å². The van der Waals surface area contributed by atoms with Crippen molar-refractivity contribution >= 4 is 17.6 Å². The number of aliphatic carboxylic acids is 1. The number of carboxylic acid groups (broad SMARTS) is 1. The van der Waals surface area contributed by atoms with E-state index in [0.29, 0.717) is 24.7 Å². The van der Waals surface area contributed by atoms with E-state index in [9.17, 15) is 9.90 Å². The van der Waals surface area contributed by atoms with Gasteiger partial charge < -0.3 is 9.84 Å². The van der Waals surface area contributed by atoms with Crippen LogP contribution in [0.1, 0.15) is 25.8 Å². The summed E-state index contributed by atoms with van der Waals surface area (Å²) < 4.78 is 5.32. The van der Waals surface area contributed by atoms with Gasteiger partial charge in [0.05, 0.1) is 18.6 Å². The van der Waals surface area contributed by atoms with E-state index in [2.05, 4.69) is 0 Å². The zero-order chi connectivity index (χ0) is 13.4. The number of hydrogen-bond acceptors (Lipinski definition) is 2. The van der Waals surface area contributed by atoms with E-state index >= 15 is 0 Å². The Morgan fingerprint density at radius 3 is 2.61 bits per heavy atom. The first-order valence-electron chi connectivity index (χ1n) is 5.93. The Hall–Kier alpha value is -1.06. The van der Waals surface area contributed by atoms with Gasteiger partial charge in [-0.3, -0.25) is 4.79 Å². The highest BCUT2D eigenvalue weighted by molar-refractivity contribution is 6.30. The minimum Gasteiger partial charge on any atom is -0.481 e. The van der Waals surface area contributed by atoms with E-state index in [1.54, 1.807) is 13.8 Å². The summed E-state index contributed by atoms with van der Waals surface area (Å²) in [4.78, 5) is 11.3. The Bertz CT molecular complexity index is 464. The van der Waals surface area contributed by atoms with Gasteiger partial charge in [-0.1, -0.05) is 23.7 Å². The lowest BCUT2D eigenvalue weighted by molar-refractivity contribution is -0.152. The van der Waals surface area contributed by atoms with E-state index < -0.39 is 11.4 Å². The average molecular weight is 269 g/mol. The number of ether oxygens (including phenoxy) is 1. The predicted molar refractivity (Wildman–Crippen MR) is 70.0 cm³/mol. The molecule has 1 fully saturated rings. The normalized spacial score (nSPS) is 18.2. The number of rotatable bonds is 4. The lowest BCUT2D eigenvalue weighted by Crippen LogP contribution is -2.50. The third-order valence-electron chi connectivity index (χ3n) is 3.55. The van der Waals surface area contributed by atoms with Crippen molar-refractivity contribution in [2.45, 2.75) is 25.7 Å². The Morgan fingerprint density at radius 1 is 1.50 bits per heavy atom. The molecular weight excluding hydrogens is 252 g/mol. The topological polar surface area (TPSA) is 46.5 Å². The second-order valence-electron chi connectivity index (χ2n) is 5.65. The molecule has 0 amide bonds. The zero-order valence-corrected chi connectivity index (χ0v) is 11.3. The monoisotopic (exact) mass is 268 g/mol. The molecule has 0 radical (unpaired) electrons. The molecule has 2 rings (SSSR count). The summed E-state index contributed by atoms with van der Waals surface area (Å²) in [7, 11) is 0. The highest BCUT2D eigenvalue weighted by Crippen LogP contribution is 2.43. The van der Waals surface area contributed by atoms with Crippen LogP contribution in [0.5, 0.6) is 0 Å². The molecule has 1 saturated heterocycles. The Balaban J connectivity index is 2.29. The van der Waals surface area contributed by atoms with Gasteiger partial charge in [-0.2, -0.15) is 0 Å². The molecule has 4 heteroatoms. The second-order valence-corrected chi connectivity index (χ2v) is 6.09. The molecule has 0 aliphatic carbocycles. The van der Waals surface area contributed by atoms with Crippen LogP contribution >= 0.6 is 11.6 Å². The van der Waals surface area contributed by atoms with Crippen molar-refractivity contribution in [1.82, 2.24) is 0 Å². The first kappa shape index (κ1) is 13.4. The minimum absolute atomic E-state index is 0.215. The van der Waals surface area contributed by atoms with Crippen LogP contribution in [-0.2, 0) is 14.9 Å². The van der Waals surface area contributed by atoms with Crippen LogP contribution in [0.25, 0.3) is 0 Å². The predicted octanol–water partition coefficient (Wildman–Crippen LogP) is 3.11. The van der Waals surface area contributed by atoms with Gasteiger partial charge in [0, 0.05) is 10.4 Å². The largest absolute Gasteiger partial charge is 0.481 e. The van der Waals surface area contributed by atoms with Gasteiger partial charge >= 0.3 is 5.97 Å². The number of halogens is 1. The standard InChI is InChI=1S/C14H17ClO3/c1-13(2,12(16)17)7-14(8-18-9-14)10-4-3-5-11(15)6-10/h3-6H,7-9H2,1-2H3,(H,16,17). The molecule has 0 spiro atoms. The van der Waals surface area contributed by atoms with Crippen molar-refractivity contribution in [2.24, 2.45) is 5.41 Å². The molecule has 0 atom stereocenters. The van der Waals surface area contributed by atoms with Gasteiger partial charge in [0.1, 0.15) is 0 Å². The first-order valence-corrected chi connectivity index (χ1v) is 6.31. The van der Waals surface area contributed by atoms with Gasteiger partial charge in [0.25, 0.3) is 0 Å². The van der Waals surface area contributed by atoms with Crippen molar-refractivity contribution in [2.75, 3.05) is 13.2 Å². The van der Waals surface area contributed by atoms with Crippen LogP contribution in [0, 0.1) is 5.41 Å². The lowest BCUT2D eigenvalue weighted by Gasteiger charge is -2.45. The van der Waals surface area contributed by atoms with E-state index in [1.807, 2.05) is 24.3 Å². The Kier molecular flexibility index (Phi) is 3.39. The highest BCUT2D eigenvalue weighted by atomic mass is 35.5. The van der Waals surface area contributed by atoms with Crippen LogP contribution in [0.4, 0.5) is 0 Å². The van der Waals surface area contributed by atoms with E-state index in [0.717, 1.165) is 5.56 Å². The third-order valence-corrected chi connectivity index (χ3v) is 3.79. The number of carbonyl (C=O) groups is 1. The molecule has 1 heterocycles. The Labute approximate surface area is 112 Å². The quantitative estimate of drug-likeness (QED) is 0.913. The summed E-state index contributed by atoms with van der Waals surface area (Å²) in [5.41, 5.74) is 0.0781. The van der Waals surface area contributed by atoms with Gasteiger partial charge in [0.15, 0.2) is 0 Å². The number of benzene rings is 1. The zero-order valence-electron chi connectivity index (χ0n) is 10.6. The van der Waals surface area contributed by atoms with Crippen molar-refractivity contribution in [3.8, 4) is 0 Å². The fourth-order valence-electron chi connectivity index (χ4n) is 2.46. The molecule has 0 aromatic heterocycles. The molecule has 1 aromatic rings. The highest BCUT2D eigenvalue weighted by Gasteiger charge is 2.46. The van der Waals surface area contributed by atoms with E-state index in [4.69, 9.17) is 16.3 Å². The molecule has 0 saturated carbocycles. The summed E-state index contributed by atoms with van der Waals surface area (Å²) in [5, 5.41) is 9.93. The van der Waals surface area contributed by atoms with Crippen molar-refractivity contribution < 1.29 is 14.6 Å². The molecule has 1 N–H and O–H groups in total. The number of hydrogen-bond donors (Lipinski definition) is 1. The van der Waals surface area contributed by atoms with Crippen molar-refractivity contribution in [1.29, 1.82) is 0 Å². The molecule has 98 valence electrons. The summed E-state index contributed by atoms with van der Waals surface area (Å²) in [6, 6.07) is 7.61. The minimum atomic E-state index is -0.782. The molecular formula is C14H17ClO3. The molecule has 0 bridgehead atoms. The molecule has 0 unspecified atom stereocenters. The SMILES string of the molecule is CC(C)(CC1(c2cccc(Cl)c2)COC1)C(=O)O. The van der Waals surface area contributed by atoms with Crippen LogP contribution in [-0.4, -0.2) is 24.3 Å². The number of carboxylic acids is 1. The van der Waals surface area contributed by atoms with Crippen LogP contribution < -0.4 is 0 Å². The van der Waals surface area contributed by atoms with Crippen LogP contribution in [0.2, 0.25) is 5.02 Å². The molecule has 1 aromatic carbocycles. The van der Waals surface area contributed by atoms with Gasteiger partial charge in [-0.15, -0.1) is 0 Å². The Morgan fingerprint density at radius 2 is 2.17 bits per heavy atom. The summed E-state index contributed by atoms with van der Waals surface area (Å²) in [5.74, 6) is -0.782. The van der Waals surface area contributed by atoms with Gasteiger partial charge in [0.2, 0.25) is 0 Å². The summed E-state index contributed by atoms with van der Waals surface area (Å²) in [6.07, 6.45) is 0.551. The molecule has 1 aliphatic heterocycles. The smallest absolute Gasteiger partial charge is 0.309 e. The van der Waals surface area contributed by atoms with E-state index in [-0.39, 0.29) is 5.41 Å². The second kappa shape index (κ2) is 4.56. The van der Waals surface area contributed by atoms with E-state index in [1.165, 1.54) is 0 Å². The summed E-state index contributed by atoms with van der Waals surface area (Å²) in [6.45, 7) is 4.62. The van der Waals surface area contributed by atoms with Gasteiger partial charge in [-0.25, -0.2) is 0 Å². The lowest BCUT2D eigenvalue weighted by atomic mass is 9.68. The maximum Gasteiger partial charge on any atom is 0.309 e. The molecule has 3 nitrogen and oxygen atoms in total. The maximum absolute atomic E-state index is 11.3. The molecule has 1 aliphatic rings. The van der Waals surface area contributed by atoms with Crippen LogP contribution in [0.3, 0.4) is 0 Å². The van der Waals surface area contributed by atoms with Gasteiger partial charge in [-0.05, 0) is 38.0 Å².